The molecule has 0 bridgehead atoms. The van der Waals surface area contributed by atoms with Crippen molar-refractivity contribution in [3.8, 4) is 17.2 Å². The number of nitrogens with zero attached hydrogens (tertiary/aromatic N) is 2. The number of aryl methyl sites for hydroxylation is 2. The fourth-order valence-electron chi connectivity index (χ4n) is 4.47. The predicted octanol–water partition coefficient (Wildman–Crippen LogP) is 5.61. The van der Waals surface area contributed by atoms with Crippen molar-refractivity contribution in [3.05, 3.63) is 96.3 Å². The van der Waals surface area contributed by atoms with Crippen LogP contribution in [0.2, 0.25) is 0 Å². The van der Waals surface area contributed by atoms with Crippen molar-refractivity contribution in [3.63, 3.8) is 0 Å². The maximum atomic E-state index is 12.6. The fourth-order valence-corrected chi connectivity index (χ4v) is 4.47. The Morgan fingerprint density at radius 2 is 1.76 bits per heavy atom. The van der Waals surface area contributed by atoms with Crippen molar-refractivity contribution in [2.24, 2.45) is 0 Å². The van der Waals surface area contributed by atoms with Gasteiger partial charge in [-0.05, 0) is 61.2 Å². The molecule has 0 aliphatic heterocycles. The zero-order valence-electron chi connectivity index (χ0n) is 22.1. The van der Waals surface area contributed by atoms with E-state index in [-0.39, 0.29) is 5.91 Å². The number of benzene rings is 3. The van der Waals surface area contributed by atoms with Gasteiger partial charge in [0.15, 0.2) is 11.5 Å². The van der Waals surface area contributed by atoms with Gasteiger partial charge >= 0.3 is 0 Å². The molecule has 7 heteroatoms. The second-order valence-electron chi connectivity index (χ2n) is 8.90. The van der Waals surface area contributed by atoms with Crippen LogP contribution < -0.4 is 19.5 Å². The number of hydrogen-bond donors (Lipinski definition) is 1. The Morgan fingerprint density at radius 1 is 0.974 bits per heavy atom. The van der Waals surface area contributed by atoms with E-state index in [1.807, 2.05) is 42.5 Å². The summed E-state index contributed by atoms with van der Waals surface area (Å²) in [6.07, 6.45) is 5.06. The van der Waals surface area contributed by atoms with E-state index < -0.39 is 0 Å². The van der Waals surface area contributed by atoms with Crippen molar-refractivity contribution in [1.29, 1.82) is 0 Å². The molecule has 1 N–H and O–H groups in total. The molecule has 0 radical (unpaired) electrons. The van der Waals surface area contributed by atoms with Crippen LogP contribution >= 0.6 is 0 Å². The van der Waals surface area contributed by atoms with Crippen molar-refractivity contribution in [2.45, 2.75) is 32.2 Å². The summed E-state index contributed by atoms with van der Waals surface area (Å²) in [5.41, 5.74) is 3.77. The predicted molar refractivity (Wildman–Crippen MR) is 150 cm³/mol. The topological polar surface area (TPSA) is 74.6 Å². The molecular weight excluding hydrogens is 478 g/mol. The lowest BCUT2D eigenvalue weighted by molar-refractivity contribution is 0.0952. The first kappa shape index (κ1) is 26.8. The number of methoxy groups -OCH3 is 2. The Morgan fingerprint density at radius 3 is 2.58 bits per heavy atom. The van der Waals surface area contributed by atoms with Gasteiger partial charge in [0, 0.05) is 25.1 Å². The van der Waals surface area contributed by atoms with Crippen LogP contribution in [0.25, 0.3) is 11.0 Å². The summed E-state index contributed by atoms with van der Waals surface area (Å²) in [6, 6.07) is 21.4. The van der Waals surface area contributed by atoms with E-state index in [0.29, 0.717) is 30.2 Å². The van der Waals surface area contributed by atoms with Gasteiger partial charge in [-0.1, -0.05) is 36.4 Å². The molecule has 4 rings (SSSR count). The molecule has 198 valence electrons. The van der Waals surface area contributed by atoms with Crippen LogP contribution in [0.15, 0.2) is 79.4 Å². The third kappa shape index (κ3) is 6.54. The molecule has 0 atom stereocenters. The molecule has 1 amide bonds. The summed E-state index contributed by atoms with van der Waals surface area (Å²) in [4.78, 5) is 17.5. The second kappa shape index (κ2) is 13.3. The van der Waals surface area contributed by atoms with Gasteiger partial charge < -0.3 is 24.1 Å². The van der Waals surface area contributed by atoms with E-state index in [4.69, 9.17) is 19.2 Å². The van der Waals surface area contributed by atoms with Crippen molar-refractivity contribution >= 4 is 16.9 Å². The van der Waals surface area contributed by atoms with E-state index in [1.54, 1.807) is 32.4 Å². The second-order valence-corrected chi connectivity index (χ2v) is 8.90. The number of para-hydroxylation sites is 3. The molecule has 4 aromatic rings. The molecule has 0 unspecified atom stereocenters. The molecule has 0 aliphatic rings. The monoisotopic (exact) mass is 513 g/mol. The maximum Gasteiger partial charge on any atom is 0.251 e. The first-order valence-electron chi connectivity index (χ1n) is 12.9. The molecule has 38 heavy (non-hydrogen) atoms. The SMILES string of the molecule is C=CCc1ccccc1OCCCn1c(CCCNC(=O)c2ccc(OC)c(OC)c2)nc2ccccc21. The lowest BCUT2D eigenvalue weighted by Gasteiger charge is -2.13. The quantitative estimate of drug-likeness (QED) is 0.175. The van der Waals surface area contributed by atoms with Crippen LogP contribution in [0.1, 0.15) is 34.6 Å². The number of imidazole rings is 1. The minimum Gasteiger partial charge on any atom is -0.493 e. The van der Waals surface area contributed by atoms with E-state index in [0.717, 1.165) is 60.4 Å². The van der Waals surface area contributed by atoms with Crippen LogP contribution in [0, 0.1) is 0 Å². The standard InChI is InChI=1S/C31H35N3O4/c1-4-11-23-12-5-8-15-27(23)38-21-10-20-34-26-14-7-6-13-25(26)33-30(34)16-9-19-32-31(35)24-17-18-28(36-2)29(22-24)37-3/h4-8,12-15,17-18,22H,1,9-11,16,19-21H2,2-3H3,(H,32,35). The van der Waals surface area contributed by atoms with Crippen LogP contribution in [0.3, 0.4) is 0 Å². The van der Waals surface area contributed by atoms with E-state index >= 15 is 0 Å². The number of amides is 1. The molecule has 0 aliphatic carbocycles. The van der Waals surface area contributed by atoms with E-state index in [9.17, 15) is 4.79 Å². The van der Waals surface area contributed by atoms with Crippen LogP contribution in [0.4, 0.5) is 0 Å². The number of allylic oxidation sites excluding steroid dienone is 1. The Bertz CT molecular complexity index is 1380. The largest absolute Gasteiger partial charge is 0.493 e. The number of rotatable bonds is 14. The van der Waals surface area contributed by atoms with Gasteiger partial charge in [-0.25, -0.2) is 4.98 Å². The highest BCUT2D eigenvalue weighted by Crippen LogP contribution is 2.27. The summed E-state index contributed by atoms with van der Waals surface area (Å²) < 4.78 is 18.9. The van der Waals surface area contributed by atoms with Crippen molar-refractivity contribution in [1.82, 2.24) is 14.9 Å². The van der Waals surface area contributed by atoms with Gasteiger partial charge in [0.05, 0.1) is 31.9 Å². The number of ether oxygens (including phenoxy) is 3. The molecule has 0 saturated carbocycles. The first-order valence-corrected chi connectivity index (χ1v) is 12.9. The van der Waals surface area contributed by atoms with Gasteiger partial charge in [0.2, 0.25) is 0 Å². The highest BCUT2D eigenvalue weighted by molar-refractivity contribution is 5.94. The molecule has 1 heterocycles. The van der Waals surface area contributed by atoms with Gasteiger partial charge in [0.1, 0.15) is 11.6 Å². The number of hydrogen-bond acceptors (Lipinski definition) is 5. The van der Waals surface area contributed by atoms with Crippen molar-refractivity contribution < 1.29 is 19.0 Å². The van der Waals surface area contributed by atoms with E-state index in [1.165, 1.54) is 0 Å². The molecule has 0 spiro atoms. The summed E-state index contributed by atoms with van der Waals surface area (Å²) in [5, 5.41) is 3.00. The molecule has 7 nitrogen and oxygen atoms in total. The Kier molecular flexibility index (Phi) is 9.40. The molecule has 0 fully saturated rings. The van der Waals surface area contributed by atoms with Gasteiger partial charge in [-0.3, -0.25) is 4.79 Å². The molecule has 1 aromatic heterocycles. The number of carbonyl (C=O) groups is 1. The summed E-state index contributed by atoms with van der Waals surface area (Å²) >= 11 is 0. The zero-order chi connectivity index (χ0) is 26.7. The van der Waals surface area contributed by atoms with E-state index in [2.05, 4.69) is 28.6 Å². The Balaban J connectivity index is 1.33. The first-order chi connectivity index (χ1) is 18.6. The average Bonchev–Trinajstić information content (AvgIpc) is 3.31. The number of nitrogens with one attached hydrogen (secondary N) is 1. The van der Waals surface area contributed by atoms with Crippen LogP contribution in [-0.4, -0.2) is 42.8 Å². The Hall–Kier alpha value is -4.26. The highest BCUT2D eigenvalue weighted by atomic mass is 16.5. The van der Waals surface area contributed by atoms with Gasteiger partial charge in [-0.15, -0.1) is 6.58 Å². The summed E-state index contributed by atoms with van der Waals surface area (Å²) in [6.45, 7) is 5.79. The van der Waals surface area contributed by atoms with Gasteiger partial charge in [-0.2, -0.15) is 0 Å². The van der Waals surface area contributed by atoms with Crippen molar-refractivity contribution in [2.75, 3.05) is 27.4 Å². The number of aromatic nitrogens is 2. The highest BCUT2D eigenvalue weighted by Gasteiger charge is 2.13. The maximum absolute atomic E-state index is 12.6. The van der Waals surface area contributed by atoms with Gasteiger partial charge in [0.25, 0.3) is 5.91 Å². The van der Waals surface area contributed by atoms with Crippen LogP contribution in [0.5, 0.6) is 17.2 Å². The Labute approximate surface area is 224 Å². The molecular formula is C31H35N3O4. The smallest absolute Gasteiger partial charge is 0.251 e. The minimum atomic E-state index is -0.145. The summed E-state index contributed by atoms with van der Waals surface area (Å²) in [5.74, 6) is 2.90. The fraction of sp³-hybridized carbons (Fsp3) is 0.290. The third-order valence-corrected chi connectivity index (χ3v) is 6.36. The third-order valence-electron chi connectivity index (χ3n) is 6.36. The minimum absolute atomic E-state index is 0.145. The number of carbonyl (C=O) groups excluding carboxylic acids is 1. The molecule has 3 aromatic carbocycles. The normalized spacial score (nSPS) is 10.8. The lowest BCUT2D eigenvalue weighted by Crippen LogP contribution is -2.25. The average molecular weight is 514 g/mol. The molecule has 0 saturated heterocycles. The number of fused-ring (bicyclic) bond motifs is 1. The lowest BCUT2D eigenvalue weighted by atomic mass is 10.1. The zero-order valence-corrected chi connectivity index (χ0v) is 22.1. The van der Waals surface area contributed by atoms with Crippen LogP contribution in [-0.2, 0) is 19.4 Å². The summed E-state index contributed by atoms with van der Waals surface area (Å²) in [7, 11) is 3.13.